The largest absolute Gasteiger partial charge is 0.444 e. The molecule has 1 amide bonds. The Labute approximate surface area is 125 Å². The van der Waals surface area contributed by atoms with E-state index in [2.05, 4.69) is 15.3 Å². The molecule has 1 aromatic rings. The average Bonchev–Trinajstić information content (AvgIpc) is 2.45. The van der Waals surface area contributed by atoms with Gasteiger partial charge in [-0.2, -0.15) is 0 Å². The first-order valence-corrected chi connectivity index (χ1v) is 7.43. The number of nitrogens with zero attached hydrogens (tertiary/aromatic N) is 3. The van der Waals surface area contributed by atoms with E-state index in [0.717, 1.165) is 32.5 Å². The Morgan fingerprint density at radius 3 is 2.81 bits per heavy atom. The van der Waals surface area contributed by atoms with E-state index in [1.165, 1.54) is 0 Å². The van der Waals surface area contributed by atoms with Gasteiger partial charge in [0.25, 0.3) is 0 Å². The molecule has 0 bridgehead atoms. The Hall–Kier alpha value is -1.85. The predicted octanol–water partition coefficient (Wildman–Crippen LogP) is 2.54. The Morgan fingerprint density at radius 1 is 1.43 bits per heavy atom. The van der Waals surface area contributed by atoms with Crippen LogP contribution in [-0.4, -0.2) is 46.2 Å². The van der Waals surface area contributed by atoms with Crippen molar-refractivity contribution in [2.45, 2.75) is 39.2 Å². The summed E-state index contributed by atoms with van der Waals surface area (Å²) in [6, 6.07) is 1.79. The molecule has 0 unspecified atom stereocenters. The number of anilines is 1. The van der Waals surface area contributed by atoms with Crippen LogP contribution in [0.2, 0.25) is 0 Å². The number of nitrogens with one attached hydrogen (secondary N) is 1. The maximum atomic E-state index is 12.1. The maximum Gasteiger partial charge on any atom is 0.410 e. The van der Waals surface area contributed by atoms with Crippen molar-refractivity contribution in [1.82, 2.24) is 14.9 Å². The number of amides is 1. The van der Waals surface area contributed by atoms with E-state index >= 15 is 0 Å². The smallest absolute Gasteiger partial charge is 0.410 e. The first-order chi connectivity index (χ1) is 9.94. The third-order valence-electron chi connectivity index (χ3n) is 3.29. The number of likely N-dealkylation sites (tertiary alicyclic amines) is 1. The zero-order valence-corrected chi connectivity index (χ0v) is 13.0. The number of hydrogen-bond donors (Lipinski definition) is 1. The highest BCUT2D eigenvalue weighted by Crippen LogP contribution is 2.19. The highest BCUT2D eigenvalue weighted by molar-refractivity contribution is 5.68. The molecule has 0 spiro atoms. The molecule has 1 aliphatic heterocycles. The standard InChI is InChI=1S/C15H24N4O2/c1-15(2,3)21-14(20)19-9-4-6-12(11-19)10-18-13-16-7-5-8-17-13/h5,7-8,12H,4,6,9-11H2,1-3H3,(H,16,17,18)/t12-/m0/s1. The van der Waals surface area contributed by atoms with Crippen LogP contribution in [0.4, 0.5) is 10.7 Å². The van der Waals surface area contributed by atoms with Crippen molar-refractivity contribution < 1.29 is 9.53 Å². The van der Waals surface area contributed by atoms with Gasteiger partial charge < -0.3 is 15.0 Å². The molecule has 0 saturated carbocycles. The summed E-state index contributed by atoms with van der Waals surface area (Å²) in [5.41, 5.74) is -0.444. The summed E-state index contributed by atoms with van der Waals surface area (Å²) in [5, 5.41) is 3.22. The van der Waals surface area contributed by atoms with Crippen LogP contribution < -0.4 is 5.32 Å². The van der Waals surface area contributed by atoms with Crippen molar-refractivity contribution in [2.75, 3.05) is 25.0 Å². The molecule has 1 N–H and O–H groups in total. The van der Waals surface area contributed by atoms with E-state index in [1.807, 2.05) is 20.8 Å². The summed E-state index contributed by atoms with van der Waals surface area (Å²) >= 11 is 0. The van der Waals surface area contributed by atoms with E-state index in [1.54, 1.807) is 23.4 Å². The maximum absolute atomic E-state index is 12.1. The summed E-state index contributed by atoms with van der Waals surface area (Å²) in [6.45, 7) is 7.92. The monoisotopic (exact) mass is 292 g/mol. The molecule has 0 radical (unpaired) electrons. The fourth-order valence-corrected chi connectivity index (χ4v) is 2.35. The molecular formula is C15H24N4O2. The Bertz CT molecular complexity index is 458. The first kappa shape index (κ1) is 15.5. The Balaban J connectivity index is 1.82. The van der Waals surface area contributed by atoms with Crippen molar-refractivity contribution in [1.29, 1.82) is 0 Å². The zero-order chi connectivity index (χ0) is 15.3. The van der Waals surface area contributed by atoms with Gasteiger partial charge in [0, 0.05) is 32.0 Å². The van der Waals surface area contributed by atoms with Gasteiger partial charge in [-0.3, -0.25) is 0 Å². The molecule has 0 aliphatic carbocycles. The summed E-state index contributed by atoms with van der Waals surface area (Å²) in [6.07, 6.45) is 5.30. The number of ether oxygens (including phenoxy) is 1. The fourth-order valence-electron chi connectivity index (χ4n) is 2.35. The molecule has 6 nitrogen and oxygen atoms in total. The highest BCUT2D eigenvalue weighted by Gasteiger charge is 2.27. The minimum Gasteiger partial charge on any atom is -0.444 e. The van der Waals surface area contributed by atoms with Crippen molar-refractivity contribution >= 4 is 12.0 Å². The molecule has 1 atom stereocenters. The Kier molecular flexibility index (Phi) is 4.98. The lowest BCUT2D eigenvalue weighted by atomic mass is 9.98. The topological polar surface area (TPSA) is 67.3 Å². The number of aromatic nitrogens is 2. The lowest BCUT2D eigenvalue weighted by molar-refractivity contribution is 0.0172. The molecule has 1 saturated heterocycles. The van der Waals surface area contributed by atoms with Crippen molar-refractivity contribution in [3.05, 3.63) is 18.5 Å². The third-order valence-corrected chi connectivity index (χ3v) is 3.29. The molecule has 2 heterocycles. The third kappa shape index (κ3) is 5.21. The summed E-state index contributed by atoms with van der Waals surface area (Å²) in [7, 11) is 0. The molecular weight excluding hydrogens is 268 g/mol. The van der Waals surface area contributed by atoms with Gasteiger partial charge in [0.2, 0.25) is 5.95 Å². The van der Waals surface area contributed by atoms with Crippen LogP contribution in [-0.2, 0) is 4.74 Å². The minimum absolute atomic E-state index is 0.219. The molecule has 0 aromatic carbocycles. The number of piperidine rings is 1. The van der Waals surface area contributed by atoms with E-state index in [9.17, 15) is 4.79 Å². The zero-order valence-electron chi connectivity index (χ0n) is 13.0. The van der Waals surface area contributed by atoms with E-state index < -0.39 is 5.60 Å². The molecule has 21 heavy (non-hydrogen) atoms. The van der Waals surface area contributed by atoms with E-state index in [-0.39, 0.29) is 6.09 Å². The van der Waals surface area contributed by atoms with Gasteiger partial charge in [-0.05, 0) is 45.6 Å². The van der Waals surface area contributed by atoms with Crippen LogP contribution in [0.1, 0.15) is 33.6 Å². The van der Waals surface area contributed by atoms with Gasteiger partial charge >= 0.3 is 6.09 Å². The molecule has 6 heteroatoms. The Morgan fingerprint density at radius 2 is 2.14 bits per heavy atom. The number of carbonyl (C=O) groups excluding carboxylic acids is 1. The summed E-state index contributed by atoms with van der Waals surface area (Å²) in [5.74, 6) is 1.03. The van der Waals surface area contributed by atoms with Crippen LogP contribution >= 0.6 is 0 Å². The molecule has 1 aromatic heterocycles. The fraction of sp³-hybridized carbons (Fsp3) is 0.667. The second kappa shape index (κ2) is 6.74. The molecule has 2 rings (SSSR count). The molecule has 116 valence electrons. The van der Waals surface area contributed by atoms with Gasteiger partial charge in [0.15, 0.2) is 0 Å². The van der Waals surface area contributed by atoms with Crippen LogP contribution in [0.25, 0.3) is 0 Å². The molecule has 1 fully saturated rings. The van der Waals surface area contributed by atoms with Crippen LogP contribution in [0.5, 0.6) is 0 Å². The average molecular weight is 292 g/mol. The van der Waals surface area contributed by atoms with Gasteiger partial charge in [-0.25, -0.2) is 14.8 Å². The normalized spacial score (nSPS) is 19.2. The van der Waals surface area contributed by atoms with E-state index in [0.29, 0.717) is 11.9 Å². The van der Waals surface area contributed by atoms with Crippen LogP contribution in [0, 0.1) is 5.92 Å². The van der Waals surface area contributed by atoms with Crippen molar-refractivity contribution in [2.24, 2.45) is 5.92 Å². The lowest BCUT2D eigenvalue weighted by Gasteiger charge is -2.34. The minimum atomic E-state index is -0.444. The van der Waals surface area contributed by atoms with Crippen LogP contribution in [0.15, 0.2) is 18.5 Å². The summed E-state index contributed by atoms with van der Waals surface area (Å²) in [4.78, 5) is 22.2. The van der Waals surface area contributed by atoms with Gasteiger partial charge in [-0.15, -0.1) is 0 Å². The van der Waals surface area contributed by atoms with Gasteiger partial charge in [0.1, 0.15) is 5.60 Å². The number of hydrogen-bond acceptors (Lipinski definition) is 5. The highest BCUT2D eigenvalue weighted by atomic mass is 16.6. The van der Waals surface area contributed by atoms with Gasteiger partial charge in [-0.1, -0.05) is 0 Å². The molecule has 1 aliphatic rings. The van der Waals surface area contributed by atoms with Gasteiger partial charge in [0.05, 0.1) is 0 Å². The predicted molar refractivity (Wildman–Crippen MR) is 81.1 cm³/mol. The van der Waals surface area contributed by atoms with Crippen molar-refractivity contribution in [3.63, 3.8) is 0 Å². The quantitative estimate of drug-likeness (QED) is 0.927. The number of carbonyl (C=O) groups is 1. The lowest BCUT2D eigenvalue weighted by Crippen LogP contribution is -2.44. The second-order valence-electron chi connectivity index (χ2n) is 6.39. The second-order valence-corrected chi connectivity index (χ2v) is 6.39. The SMILES string of the molecule is CC(C)(C)OC(=O)N1CCC[C@@H](CNc2ncccn2)C1. The van der Waals surface area contributed by atoms with E-state index in [4.69, 9.17) is 4.74 Å². The van der Waals surface area contributed by atoms with Crippen LogP contribution in [0.3, 0.4) is 0 Å². The van der Waals surface area contributed by atoms with Crippen molar-refractivity contribution in [3.8, 4) is 0 Å². The first-order valence-electron chi connectivity index (χ1n) is 7.43. The summed E-state index contributed by atoms with van der Waals surface area (Å²) < 4.78 is 5.43. The number of rotatable bonds is 3.